The second-order valence-corrected chi connectivity index (χ2v) is 7.47. The summed E-state index contributed by atoms with van der Waals surface area (Å²) >= 11 is 0. The molecule has 0 saturated heterocycles. The molecule has 1 aliphatic heterocycles. The predicted molar refractivity (Wildman–Crippen MR) is 113 cm³/mol. The van der Waals surface area contributed by atoms with Gasteiger partial charge in [-0.15, -0.1) is 0 Å². The Morgan fingerprint density at radius 2 is 1.76 bits per heavy atom. The zero-order chi connectivity index (χ0) is 23.8. The molecule has 1 aliphatic rings. The van der Waals surface area contributed by atoms with E-state index in [1.165, 1.54) is 30.3 Å². The lowest BCUT2D eigenvalue weighted by atomic mass is 10.0. The Morgan fingerprint density at radius 1 is 1.03 bits per heavy atom. The van der Waals surface area contributed by atoms with E-state index in [-0.39, 0.29) is 34.9 Å². The first kappa shape index (κ1) is 22.1. The molecular weight excluding hydrogens is 436 g/mol. The number of carbonyl (C=O) groups is 2. The van der Waals surface area contributed by atoms with Crippen LogP contribution in [0.2, 0.25) is 0 Å². The van der Waals surface area contributed by atoms with Gasteiger partial charge in [0.2, 0.25) is 5.56 Å². The number of benzene rings is 2. The van der Waals surface area contributed by atoms with Gasteiger partial charge in [-0.1, -0.05) is 12.1 Å². The van der Waals surface area contributed by atoms with Crippen LogP contribution in [0.4, 0.5) is 0 Å². The fraction of sp³-hybridized carbons (Fsp3) is 0.227. The van der Waals surface area contributed by atoms with Gasteiger partial charge in [0, 0.05) is 18.0 Å². The number of fused-ring (bicyclic) bond motifs is 2. The molecule has 6 N–H and O–H groups in total. The number of aliphatic hydroxyl groups is 1. The number of hydrogen-bond donors (Lipinski definition) is 6. The molecule has 1 aromatic heterocycles. The van der Waals surface area contributed by atoms with E-state index in [0.717, 1.165) is 5.56 Å². The molecule has 11 heteroatoms. The maximum Gasteiger partial charge on any atom is 0.453 e. The molecule has 0 bridgehead atoms. The summed E-state index contributed by atoms with van der Waals surface area (Å²) in [5, 5.41) is 42.5. The van der Waals surface area contributed by atoms with Gasteiger partial charge < -0.3 is 40.2 Å². The molecule has 11 nitrogen and oxygen atoms in total. The monoisotopic (exact) mass is 456 g/mol. The van der Waals surface area contributed by atoms with Crippen molar-refractivity contribution in [3.63, 3.8) is 0 Å². The summed E-state index contributed by atoms with van der Waals surface area (Å²) in [6.45, 7) is 0.622. The normalized spacial score (nSPS) is 14.8. The van der Waals surface area contributed by atoms with Crippen LogP contribution < -0.4 is 20.3 Å². The minimum Gasteiger partial charge on any atom is -0.506 e. The van der Waals surface area contributed by atoms with E-state index in [1.54, 1.807) is 12.1 Å². The lowest BCUT2D eigenvalue weighted by Gasteiger charge is -2.16. The number of hydrogen-bond acceptors (Lipinski definition) is 8. The van der Waals surface area contributed by atoms with E-state index in [9.17, 15) is 34.8 Å². The molecule has 0 saturated carbocycles. The number of rotatable bonds is 8. The second kappa shape index (κ2) is 8.45. The van der Waals surface area contributed by atoms with Crippen molar-refractivity contribution >= 4 is 22.8 Å². The van der Waals surface area contributed by atoms with E-state index in [0.29, 0.717) is 23.9 Å². The van der Waals surface area contributed by atoms with Crippen LogP contribution in [0.25, 0.3) is 10.9 Å². The number of carboxylic acid groups (broad SMARTS) is 2. The van der Waals surface area contributed by atoms with Crippen LogP contribution in [0.3, 0.4) is 0 Å². The Balaban J connectivity index is 1.38. The summed E-state index contributed by atoms with van der Waals surface area (Å²) in [5.41, 5.74) is 1.15. The average Bonchev–Trinajstić information content (AvgIpc) is 3.18. The van der Waals surface area contributed by atoms with Crippen molar-refractivity contribution in [2.75, 3.05) is 13.1 Å². The molecule has 0 amide bonds. The predicted octanol–water partition coefficient (Wildman–Crippen LogP) is 0.736. The van der Waals surface area contributed by atoms with Crippen molar-refractivity contribution in [2.45, 2.75) is 18.3 Å². The van der Waals surface area contributed by atoms with Crippen molar-refractivity contribution in [3.8, 4) is 17.2 Å². The highest BCUT2D eigenvalue weighted by Gasteiger charge is 2.57. The summed E-state index contributed by atoms with van der Waals surface area (Å²) < 4.78 is 10.1. The van der Waals surface area contributed by atoms with Crippen molar-refractivity contribution in [2.24, 2.45) is 0 Å². The molecule has 0 spiro atoms. The summed E-state index contributed by atoms with van der Waals surface area (Å²) in [6, 6.07) is 10.4. The third-order valence-corrected chi connectivity index (χ3v) is 5.27. The Bertz CT molecular complexity index is 1290. The van der Waals surface area contributed by atoms with Gasteiger partial charge in [-0.2, -0.15) is 0 Å². The third-order valence-electron chi connectivity index (χ3n) is 5.27. The largest absolute Gasteiger partial charge is 0.506 e. The number of carboxylic acids is 2. The Kier molecular flexibility index (Phi) is 5.66. The Morgan fingerprint density at radius 3 is 2.48 bits per heavy atom. The van der Waals surface area contributed by atoms with Gasteiger partial charge in [0.15, 0.2) is 11.5 Å². The quantitative estimate of drug-likeness (QED) is 0.209. The van der Waals surface area contributed by atoms with Gasteiger partial charge >= 0.3 is 17.7 Å². The van der Waals surface area contributed by atoms with Crippen LogP contribution in [-0.2, 0) is 16.0 Å². The summed E-state index contributed by atoms with van der Waals surface area (Å²) in [6.07, 6.45) is -0.442. The van der Waals surface area contributed by atoms with Gasteiger partial charge in [-0.05, 0) is 48.4 Å². The van der Waals surface area contributed by atoms with Crippen molar-refractivity contribution < 1.29 is 39.5 Å². The topological polar surface area (TPSA) is 178 Å². The smallest absolute Gasteiger partial charge is 0.453 e. The Labute approximate surface area is 185 Å². The number of phenolic OH excluding ortho intramolecular Hbond substituents is 1. The van der Waals surface area contributed by atoms with E-state index >= 15 is 0 Å². The number of pyridine rings is 1. The zero-order valence-electron chi connectivity index (χ0n) is 17.1. The summed E-state index contributed by atoms with van der Waals surface area (Å²) in [4.78, 5) is 36.7. The standard InChI is InChI=1S/C22H20N2O9/c25-14-4-2-12(13-3-6-18(27)24-19(13)14)15(26)10-23-8-7-11-1-5-16-17(9-11)33-22(32-16,20(28)29)21(30)31/h1-6,9,15,23,25-26H,7-8,10H2,(H,24,27)(H,28,29)(H,30,31). The van der Waals surface area contributed by atoms with Gasteiger partial charge in [0.25, 0.3) is 0 Å². The molecule has 1 unspecified atom stereocenters. The fourth-order valence-electron chi connectivity index (χ4n) is 3.60. The number of aliphatic hydroxyl groups excluding tert-OH is 1. The van der Waals surface area contributed by atoms with E-state index < -0.39 is 23.8 Å². The molecule has 0 aliphatic carbocycles. The number of aromatic nitrogens is 1. The van der Waals surface area contributed by atoms with Crippen LogP contribution in [0, 0.1) is 0 Å². The van der Waals surface area contributed by atoms with Crippen LogP contribution in [0.5, 0.6) is 17.2 Å². The number of nitrogens with one attached hydrogen (secondary N) is 2. The molecule has 2 aromatic carbocycles. The van der Waals surface area contributed by atoms with Crippen LogP contribution in [-0.4, -0.2) is 56.2 Å². The number of aliphatic carboxylic acids is 2. The number of aromatic amines is 1. The molecule has 3 aromatic rings. The first-order chi connectivity index (χ1) is 15.7. The lowest BCUT2D eigenvalue weighted by Crippen LogP contribution is -2.54. The number of phenols is 1. The van der Waals surface area contributed by atoms with Gasteiger partial charge in [0.1, 0.15) is 5.75 Å². The third kappa shape index (κ3) is 4.06. The van der Waals surface area contributed by atoms with E-state index in [2.05, 4.69) is 10.3 Å². The maximum absolute atomic E-state index is 11.5. The molecule has 172 valence electrons. The lowest BCUT2D eigenvalue weighted by molar-refractivity contribution is -0.194. The summed E-state index contributed by atoms with van der Waals surface area (Å²) in [5.74, 6) is -6.40. The Hall–Kier alpha value is -4.09. The van der Waals surface area contributed by atoms with E-state index in [1.807, 2.05) is 0 Å². The summed E-state index contributed by atoms with van der Waals surface area (Å²) in [7, 11) is 0. The van der Waals surface area contributed by atoms with Crippen LogP contribution in [0.1, 0.15) is 17.2 Å². The molecule has 1 atom stereocenters. The minimum absolute atomic E-state index is 0.0156. The highest BCUT2D eigenvalue weighted by atomic mass is 16.8. The van der Waals surface area contributed by atoms with Crippen molar-refractivity contribution in [1.29, 1.82) is 0 Å². The first-order valence-electron chi connectivity index (χ1n) is 9.92. The van der Waals surface area contributed by atoms with E-state index in [4.69, 9.17) is 9.47 Å². The zero-order valence-corrected chi connectivity index (χ0v) is 17.1. The fourth-order valence-corrected chi connectivity index (χ4v) is 3.60. The molecular formula is C22H20N2O9. The molecule has 4 rings (SSSR count). The van der Waals surface area contributed by atoms with Gasteiger partial charge in [0.05, 0.1) is 11.6 Å². The maximum atomic E-state index is 11.5. The SMILES string of the molecule is O=C(O)C1(C(=O)O)Oc2ccc(CCNCC(O)c3ccc(O)c4[nH]c(=O)ccc34)cc2O1. The molecule has 33 heavy (non-hydrogen) atoms. The highest BCUT2D eigenvalue weighted by Crippen LogP contribution is 2.40. The molecule has 2 heterocycles. The van der Waals surface area contributed by atoms with Crippen molar-refractivity contribution in [3.05, 3.63) is 63.9 Å². The molecule has 0 radical (unpaired) electrons. The molecule has 0 fully saturated rings. The number of ether oxygens (including phenoxy) is 2. The minimum atomic E-state index is -2.81. The average molecular weight is 456 g/mol. The number of aromatic hydroxyl groups is 1. The second-order valence-electron chi connectivity index (χ2n) is 7.47. The first-order valence-corrected chi connectivity index (χ1v) is 9.92. The van der Waals surface area contributed by atoms with Gasteiger partial charge in [-0.3, -0.25) is 4.79 Å². The number of H-pyrrole nitrogens is 1. The van der Waals surface area contributed by atoms with Crippen molar-refractivity contribution in [1.82, 2.24) is 10.3 Å². The highest BCUT2D eigenvalue weighted by molar-refractivity contribution is 6.01. The van der Waals surface area contributed by atoms with Crippen LogP contribution in [0.15, 0.2) is 47.3 Å². The van der Waals surface area contributed by atoms with Crippen LogP contribution >= 0.6 is 0 Å². The van der Waals surface area contributed by atoms with Gasteiger partial charge in [-0.25, -0.2) is 9.59 Å².